The molecule has 3 aromatic carbocycles. The first-order valence-electron chi connectivity index (χ1n) is 8.83. The number of amides is 1. The summed E-state index contributed by atoms with van der Waals surface area (Å²) < 4.78 is 0. The Morgan fingerprint density at radius 2 is 1.46 bits per heavy atom. The van der Waals surface area contributed by atoms with Gasteiger partial charge in [-0.25, -0.2) is 0 Å². The molecular weight excluding hydrogens is 390 g/mol. The SMILES string of the molecule is O=C(CC(c1ccccc1)c1ccccc1)NNC(=S)Nc1cccc(Cl)c1. The maximum Gasteiger partial charge on any atom is 0.239 e. The molecule has 0 bridgehead atoms. The Labute approximate surface area is 174 Å². The van der Waals surface area contributed by atoms with Gasteiger partial charge in [-0.3, -0.25) is 15.6 Å². The van der Waals surface area contributed by atoms with E-state index < -0.39 is 0 Å². The number of halogens is 1. The lowest BCUT2D eigenvalue weighted by atomic mass is 9.88. The molecule has 0 unspecified atom stereocenters. The van der Waals surface area contributed by atoms with E-state index in [0.717, 1.165) is 16.8 Å². The van der Waals surface area contributed by atoms with Crippen molar-refractivity contribution in [3.05, 3.63) is 101 Å². The molecule has 0 saturated carbocycles. The van der Waals surface area contributed by atoms with Crippen molar-refractivity contribution in [2.24, 2.45) is 0 Å². The molecule has 0 fully saturated rings. The van der Waals surface area contributed by atoms with Crippen molar-refractivity contribution < 1.29 is 4.79 Å². The lowest BCUT2D eigenvalue weighted by molar-refractivity contribution is -0.121. The van der Waals surface area contributed by atoms with Gasteiger partial charge in [-0.15, -0.1) is 0 Å². The fourth-order valence-corrected chi connectivity index (χ4v) is 3.25. The second-order valence-electron chi connectivity index (χ2n) is 6.22. The summed E-state index contributed by atoms with van der Waals surface area (Å²) >= 11 is 11.2. The van der Waals surface area contributed by atoms with E-state index >= 15 is 0 Å². The van der Waals surface area contributed by atoms with Gasteiger partial charge in [0.2, 0.25) is 5.91 Å². The minimum atomic E-state index is -0.159. The Morgan fingerprint density at radius 3 is 2.04 bits per heavy atom. The molecule has 3 aromatic rings. The average Bonchev–Trinajstić information content (AvgIpc) is 2.72. The number of nitrogens with one attached hydrogen (secondary N) is 3. The van der Waals surface area contributed by atoms with Crippen molar-refractivity contribution >= 4 is 40.5 Å². The molecule has 0 aliphatic rings. The van der Waals surface area contributed by atoms with Crippen molar-refractivity contribution in [3.63, 3.8) is 0 Å². The van der Waals surface area contributed by atoms with E-state index in [-0.39, 0.29) is 16.9 Å². The monoisotopic (exact) mass is 409 g/mol. The molecule has 6 heteroatoms. The van der Waals surface area contributed by atoms with Gasteiger partial charge >= 0.3 is 0 Å². The first-order chi connectivity index (χ1) is 13.6. The van der Waals surface area contributed by atoms with Crippen LogP contribution < -0.4 is 16.2 Å². The van der Waals surface area contributed by atoms with E-state index in [1.54, 1.807) is 12.1 Å². The molecule has 4 nitrogen and oxygen atoms in total. The van der Waals surface area contributed by atoms with E-state index in [4.69, 9.17) is 23.8 Å². The van der Waals surface area contributed by atoms with E-state index in [0.29, 0.717) is 11.4 Å². The van der Waals surface area contributed by atoms with Gasteiger partial charge < -0.3 is 5.32 Å². The average molecular weight is 410 g/mol. The molecule has 1 amide bonds. The number of carbonyl (C=O) groups is 1. The predicted octanol–water partition coefficient (Wildman–Crippen LogP) is 4.88. The third kappa shape index (κ3) is 5.81. The van der Waals surface area contributed by atoms with Gasteiger partial charge in [-0.05, 0) is 41.5 Å². The summed E-state index contributed by atoms with van der Waals surface area (Å²) in [5.74, 6) is -0.202. The highest BCUT2D eigenvalue weighted by atomic mass is 35.5. The Balaban J connectivity index is 1.60. The molecule has 28 heavy (non-hydrogen) atoms. The number of carbonyl (C=O) groups excluding carboxylic acids is 1. The Hall–Kier alpha value is -2.89. The number of hydrogen-bond acceptors (Lipinski definition) is 2. The topological polar surface area (TPSA) is 53.2 Å². The minimum Gasteiger partial charge on any atom is -0.331 e. The normalized spacial score (nSPS) is 10.4. The van der Waals surface area contributed by atoms with E-state index in [2.05, 4.69) is 16.2 Å². The summed E-state index contributed by atoms with van der Waals surface area (Å²) in [6.45, 7) is 0. The third-order valence-corrected chi connectivity index (χ3v) is 4.63. The highest BCUT2D eigenvalue weighted by Crippen LogP contribution is 2.27. The van der Waals surface area contributed by atoms with Gasteiger partial charge in [0.1, 0.15) is 0 Å². The zero-order chi connectivity index (χ0) is 19.8. The van der Waals surface area contributed by atoms with Gasteiger partial charge in [0.05, 0.1) is 0 Å². The molecule has 0 radical (unpaired) electrons. The fraction of sp³-hybridized carbons (Fsp3) is 0.0909. The van der Waals surface area contributed by atoms with E-state index in [1.807, 2.05) is 72.8 Å². The fourth-order valence-electron chi connectivity index (χ4n) is 2.89. The maximum atomic E-state index is 12.5. The highest BCUT2D eigenvalue weighted by molar-refractivity contribution is 7.80. The van der Waals surface area contributed by atoms with Crippen molar-refractivity contribution in [2.45, 2.75) is 12.3 Å². The molecule has 3 rings (SSSR count). The van der Waals surface area contributed by atoms with Gasteiger partial charge in [0, 0.05) is 23.0 Å². The van der Waals surface area contributed by atoms with Gasteiger partial charge in [-0.2, -0.15) is 0 Å². The Bertz CT molecular complexity index is 895. The summed E-state index contributed by atoms with van der Waals surface area (Å²) in [6.07, 6.45) is 0.292. The first kappa shape index (κ1) is 19.9. The second-order valence-corrected chi connectivity index (χ2v) is 7.06. The lowest BCUT2D eigenvalue weighted by Crippen LogP contribution is -2.44. The van der Waals surface area contributed by atoms with E-state index in [1.165, 1.54) is 0 Å². The van der Waals surface area contributed by atoms with Crippen LogP contribution in [-0.4, -0.2) is 11.0 Å². The molecule has 0 atom stereocenters. The lowest BCUT2D eigenvalue weighted by Gasteiger charge is -2.18. The van der Waals surface area contributed by atoms with Crippen LogP contribution in [0.4, 0.5) is 5.69 Å². The van der Waals surface area contributed by atoms with Crippen molar-refractivity contribution in [3.8, 4) is 0 Å². The molecule has 0 aliphatic heterocycles. The number of anilines is 1. The molecule has 0 heterocycles. The molecule has 0 spiro atoms. The molecule has 3 N–H and O–H groups in total. The van der Waals surface area contributed by atoms with Crippen molar-refractivity contribution in [1.29, 1.82) is 0 Å². The number of rotatable bonds is 5. The van der Waals surface area contributed by atoms with Gasteiger partial charge in [0.25, 0.3) is 0 Å². The quantitative estimate of drug-likeness (QED) is 0.415. The molecule has 0 saturated heterocycles. The zero-order valence-corrected chi connectivity index (χ0v) is 16.6. The van der Waals surface area contributed by atoms with Crippen LogP contribution in [0.1, 0.15) is 23.5 Å². The summed E-state index contributed by atoms with van der Waals surface area (Å²) in [6, 6.07) is 27.1. The third-order valence-electron chi connectivity index (χ3n) is 4.19. The van der Waals surface area contributed by atoms with Gasteiger partial charge in [-0.1, -0.05) is 78.3 Å². The van der Waals surface area contributed by atoms with Crippen LogP contribution in [0.15, 0.2) is 84.9 Å². The van der Waals surface area contributed by atoms with Crippen LogP contribution in [0, 0.1) is 0 Å². The molecule has 0 aliphatic carbocycles. The maximum absolute atomic E-state index is 12.5. The zero-order valence-electron chi connectivity index (χ0n) is 15.1. The number of hydrogen-bond donors (Lipinski definition) is 3. The Morgan fingerprint density at radius 1 is 0.857 bits per heavy atom. The number of benzene rings is 3. The summed E-state index contributed by atoms with van der Waals surface area (Å²) in [4.78, 5) is 12.5. The van der Waals surface area contributed by atoms with Crippen LogP contribution in [0.25, 0.3) is 0 Å². The summed E-state index contributed by atoms with van der Waals surface area (Å²) in [7, 11) is 0. The van der Waals surface area contributed by atoms with Crippen LogP contribution in [0.2, 0.25) is 5.02 Å². The predicted molar refractivity (Wildman–Crippen MR) is 118 cm³/mol. The molecule has 0 aromatic heterocycles. The van der Waals surface area contributed by atoms with Crippen molar-refractivity contribution in [2.75, 3.05) is 5.32 Å². The highest BCUT2D eigenvalue weighted by Gasteiger charge is 2.18. The largest absolute Gasteiger partial charge is 0.331 e. The van der Waals surface area contributed by atoms with Gasteiger partial charge in [0.15, 0.2) is 5.11 Å². The van der Waals surface area contributed by atoms with Crippen LogP contribution >= 0.6 is 23.8 Å². The smallest absolute Gasteiger partial charge is 0.239 e. The molecular formula is C22H20ClN3OS. The van der Waals surface area contributed by atoms with Crippen LogP contribution in [0.3, 0.4) is 0 Å². The first-order valence-corrected chi connectivity index (χ1v) is 9.62. The summed E-state index contributed by atoms with van der Waals surface area (Å²) in [5.41, 5.74) is 8.31. The van der Waals surface area contributed by atoms with Crippen LogP contribution in [-0.2, 0) is 4.79 Å². The number of hydrazine groups is 1. The summed E-state index contributed by atoms with van der Waals surface area (Å²) in [5, 5.41) is 3.86. The molecule has 142 valence electrons. The van der Waals surface area contributed by atoms with E-state index in [9.17, 15) is 4.79 Å². The second kappa shape index (κ2) is 9.88. The number of thiocarbonyl (C=S) groups is 1. The minimum absolute atomic E-state index is 0.0429. The Kier molecular flexibility index (Phi) is 7.00. The van der Waals surface area contributed by atoms with Crippen LogP contribution in [0.5, 0.6) is 0 Å². The standard InChI is InChI=1S/C22H20ClN3OS/c23-18-12-7-13-19(14-18)24-22(28)26-25-21(27)15-20(16-8-3-1-4-9-16)17-10-5-2-6-11-17/h1-14,20H,15H2,(H,25,27)(H2,24,26,28). The van der Waals surface area contributed by atoms with Crippen molar-refractivity contribution in [1.82, 2.24) is 10.9 Å².